The van der Waals surface area contributed by atoms with Crippen molar-refractivity contribution in [2.45, 2.75) is 25.7 Å². The summed E-state index contributed by atoms with van der Waals surface area (Å²) in [6.45, 7) is 2.32. The molecule has 4 rings (SSSR count). The van der Waals surface area contributed by atoms with Crippen molar-refractivity contribution in [3.05, 3.63) is 36.2 Å². The molecule has 0 bridgehead atoms. The third-order valence-electron chi connectivity index (χ3n) is 5.55. The molecule has 1 aromatic heterocycles. The summed E-state index contributed by atoms with van der Waals surface area (Å²) in [5.41, 5.74) is 0.420. The summed E-state index contributed by atoms with van der Waals surface area (Å²) in [4.78, 5) is 14.0. The number of aromatic nitrogens is 4. The Morgan fingerprint density at radius 1 is 1.33 bits per heavy atom. The van der Waals surface area contributed by atoms with Crippen molar-refractivity contribution in [1.82, 2.24) is 25.1 Å². The van der Waals surface area contributed by atoms with E-state index in [1.807, 2.05) is 30.3 Å². The third-order valence-corrected chi connectivity index (χ3v) is 5.55. The van der Waals surface area contributed by atoms with Crippen LogP contribution in [0.4, 0.5) is 0 Å². The zero-order chi connectivity index (χ0) is 16.6. The lowest BCUT2D eigenvalue weighted by Crippen LogP contribution is -2.36. The fraction of sp³-hybridized carbons (Fsp3) is 0.529. The van der Waals surface area contributed by atoms with E-state index in [1.54, 1.807) is 4.68 Å². The van der Waals surface area contributed by atoms with E-state index in [9.17, 15) is 9.90 Å². The topological polar surface area (TPSA) is 84.1 Å². The van der Waals surface area contributed by atoms with Gasteiger partial charge in [-0.1, -0.05) is 24.6 Å². The second-order valence-corrected chi connectivity index (χ2v) is 6.88. The molecule has 2 atom stereocenters. The van der Waals surface area contributed by atoms with E-state index in [4.69, 9.17) is 0 Å². The van der Waals surface area contributed by atoms with Gasteiger partial charge in [-0.05, 0) is 41.3 Å². The molecule has 0 radical (unpaired) electrons. The minimum Gasteiger partial charge on any atom is -0.481 e. The van der Waals surface area contributed by atoms with Crippen molar-refractivity contribution in [3.63, 3.8) is 0 Å². The Kier molecular flexibility index (Phi) is 3.80. The van der Waals surface area contributed by atoms with Gasteiger partial charge in [0.2, 0.25) is 0 Å². The van der Waals surface area contributed by atoms with Gasteiger partial charge >= 0.3 is 5.97 Å². The van der Waals surface area contributed by atoms with Crippen LogP contribution in [-0.4, -0.2) is 55.8 Å². The summed E-state index contributed by atoms with van der Waals surface area (Å²) in [7, 11) is 0. The highest BCUT2D eigenvalue weighted by Crippen LogP contribution is 2.48. The van der Waals surface area contributed by atoms with Crippen LogP contribution >= 0.6 is 0 Å². The molecule has 0 amide bonds. The number of carboxylic acids is 1. The van der Waals surface area contributed by atoms with Crippen LogP contribution in [0.2, 0.25) is 0 Å². The quantitative estimate of drug-likeness (QED) is 0.893. The monoisotopic (exact) mass is 327 g/mol. The molecule has 1 aromatic carbocycles. The second-order valence-electron chi connectivity index (χ2n) is 6.88. The summed E-state index contributed by atoms with van der Waals surface area (Å²) in [5.74, 6) is 0.476. The number of likely N-dealkylation sites (tertiary alicyclic amines) is 1. The van der Waals surface area contributed by atoms with Gasteiger partial charge in [0, 0.05) is 26.1 Å². The lowest BCUT2D eigenvalue weighted by molar-refractivity contribution is -0.149. The molecule has 1 aliphatic heterocycles. The average Bonchev–Trinajstić information content (AvgIpc) is 3.27. The number of tetrazole rings is 1. The van der Waals surface area contributed by atoms with Gasteiger partial charge in [0.05, 0.1) is 11.1 Å². The van der Waals surface area contributed by atoms with Crippen molar-refractivity contribution in [1.29, 1.82) is 0 Å². The normalized spacial score (nSPS) is 26.6. The van der Waals surface area contributed by atoms with Crippen LogP contribution in [0.25, 0.3) is 5.69 Å². The number of hydrogen-bond acceptors (Lipinski definition) is 5. The van der Waals surface area contributed by atoms with E-state index in [2.05, 4.69) is 20.4 Å². The largest absolute Gasteiger partial charge is 0.481 e. The van der Waals surface area contributed by atoms with E-state index >= 15 is 0 Å². The number of carboxylic acid groups (broad SMARTS) is 1. The number of rotatable bonds is 5. The van der Waals surface area contributed by atoms with E-state index in [1.165, 1.54) is 0 Å². The van der Waals surface area contributed by atoms with E-state index < -0.39 is 11.4 Å². The van der Waals surface area contributed by atoms with E-state index in [0.29, 0.717) is 18.9 Å². The third kappa shape index (κ3) is 2.49. The number of fused-ring (bicyclic) bond motifs is 1. The standard InChI is InChI=1S/C17H21N5O2/c23-16(24)17-9-4-5-13(17)11-21(12-17)10-8-15-18-19-20-22(15)14-6-2-1-3-7-14/h1-3,6-7,13H,4-5,8-12H2,(H,23,24)/t13-,17+/m0/s1. The molecule has 2 heterocycles. The fourth-order valence-electron chi connectivity index (χ4n) is 4.30. The van der Waals surface area contributed by atoms with E-state index in [0.717, 1.165) is 43.9 Å². The smallest absolute Gasteiger partial charge is 0.311 e. The Morgan fingerprint density at radius 3 is 2.92 bits per heavy atom. The highest BCUT2D eigenvalue weighted by atomic mass is 16.4. The van der Waals surface area contributed by atoms with Gasteiger partial charge in [0.25, 0.3) is 0 Å². The molecule has 1 saturated heterocycles. The van der Waals surface area contributed by atoms with Crippen molar-refractivity contribution < 1.29 is 9.90 Å². The van der Waals surface area contributed by atoms with Crippen molar-refractivity contribution >= 4 is 5.97 Å². The van der Waals surface area contributed by atoms with Crippen LogP contribution in [0.3, 0.4) is 0 Å². The van der Waals surface area contributed by atoms with Gasteiger partial charge in [0.1, 0.15) is 0 Å². The Labute approximate surface area is 140 Å². The lowest BCUT2D eigenvalue weighted by atomic mass is 9.81. The summed E-state index contributed by atoms with van der Waals surface area (Å²) in [6.07, 6.45) is 3.59. The molecular weight excluding hydrogens is 306 g/mol. The molecular formula is C17H21N5O2. The van der Waals surface area contributed by atoms with Gasteiger partial charge in [-0.2, -0.15) is 4.68 Å². The number of carbonyl (C=O) groups is 1. The molecule has 2 fully saturated rings. The highest BCUT2D eigenvalue weighted by molar-refractivity contribution is 5.76. The maximum atomic E-state index is 11.8. The lowest BCUT2D eigenvalue weighted by Gasteiger charge is -2.23. The summed E-state index contributed by atoms with van der Waals surface area (Å²) in [5, 5.41) is 21.7. The zero-order valence-electron chi connectivity index (χ0n) is 13.5. The minimum absolute atomic E-state index is 0.292. The number of nitrogens with zero attached hydrogens (tertiary/aromatic N) is 5. The summed E-state index contributed by atoms with van der Waals surface area (Å²) >= 11 is 0. The maximum absolute atomic E-state index is 11.8. The molecule has 7 nitrogen and oxygen atoms in total. The zero-order valence-corrected chi connectivity index (χ0v) is 13.5. The Morgan fingerprint density at radius 2 is 2.17 bits per heavy atom. The fourth-order valence-corrected chi connectivity index (χ4v) is 4.30. The molecule has 0 spiro atoms. The SMILES string of the molecule is O=C(O)[C@@]12CCC[C@H]1CN(CCc1nnnn1-c1ccccc1)C2. The van der Waals surface area contributed by atoms with Crippen LogP contribution in [0.5, 0.6) is 0 Å². The van der Waals surface area contributed by atoms with Gasteiger partial charge in [-0.3, -0.25) is 4.79 Å². The minimum atomic E-state index is -0.624. The van der Waals surface area contributed by atoms with Crippen molar-refractivity contribution in [3.8, 4) is 5.69 Å². The summed E-state index contributed by atoms with van der Waals surface area (Å²) in [6, 6.07) is 9.82. The predicted octanol–water partition coefficient (Wildman–Crippen LogP) is 1.39. The number of aliphatic carboxylic acids is 1. The molecule has 24 heavy (non-hydrogen) atoms. The van der Waals surface area contributed by atoms with Gasteiger partial charge < -0.3 is 10.0 Å². The van der Waals surface area contributed by atoms with Crippen LogP contribution in [-0.2, 0) is 11.2 Å². The molecule has 0 unspecified atom stereocenters. The summed E-state index contributed by atoms with van der Waals surface area (Å²) < 4.78 is 1.75. The van der Waals surface area contributed by atoms with Crippen LogP contribution in [0, 0.1) is 11.3 Å². The average molecular weight is 327 g/mol. The Balaban J connectivity index is 1.44. The van der Waals surface area contributed by atoms with E-state index in [-0.39, 0.29) is 0 Å². The number of para-hydroxylation sites is 1. The van der Waals surface area contributed by atoms with Crippen molar-refractivity contribution in [2.75, 3.05) is 19.6 Å². The number of benzene rings is 1. The Hall–Kier alpha value is -2.28. The van der Waals surface area contributed by atoms with Crippen LogP contribution in [0.15, 0.2) is 30.3 Å². The Bertz CT molecular complexity index is 732. The molecule has 1 saturated carbocycles. The predicted molar refractivity (Wildman–Crippen MR) is 86.7 cm³/mol. The second kappa shape index (κ2) is 5.98. The first-order valence-electron chi connectivity index (χ1n) is 8.47. The molecule has 126 valence electrons. The molecule has 2 aromatic rings. The molecule has 1 N–H and O–H groups in total. The molecule has 2 aliphatic rings. The first kappa shape index (κ1) is 15.3. The van der Waals surface area contributed by atoms with Crippen LogP contribution in [0.1, 0.15) is 25.1 Å². The molecule has 7 heteroatoms. The number of hydrogen-bond donors (Lipinski definition) is 1. The molecule has 1 aliphatic carbocycles. The maximum Gasteiger partial charge on any atom is 0.311 e. The first-order chi connectivity index (χ1) is 11.7. The van der Waals surface area contributed by atoms with Gasteiger partial charge in [0.15, 0.2) is 5.82 Å². The highest BCUT2D eigenvalue weighted by Gasteiger charge is 2.54. The first-order valence-corrected chi connectivity index (χ1v) is 8.47. The van der Waals surface area contributed by atoms with Crippen LogP contribution < -0.4 is 0 Å². The van der Waals surface area contributed by atoms with Gasteiger partial charge in [-0.25, -0.2) is 0 Å². The van der Waals surface area contributed by atoms with Gasteiger partial charge in [-0.15, -0.1) is 5.10 Å². The van der Waals surface area contributed by atoms with Crippen molar-refractivity contribution in [2.24, 2.45) is 11.3 Å².